The van der Waals surface area contributed by atoms with Gasteiger partial charge in [-0.1, -0.05) is 0 Å². The van der Waals surface area contributed by atoms with Crippen LogP contribution in [0.2, 0.25) is 0 Å². The minimum atomic E-state index is -1.40. The molecule has 3 N–H and O–H groups in total. The lowest BCUT2D eigenvalue weighted by atomic mass is 10.4. The van der Waals surface area contributed by atoms with Crippen molar-refractivity contribution in [2.45, 2.75) is 11.8 Å². The quantitative estimate of drug-likeness (QED) is 0.752. The molecule has 0 fully saturated rings. The second-order valence-corrected chi connectivity index (χ2v) is 4.28. The van der Waals surface area contributed by atoms with Gasteiger partial charge >= 0.3 is 0 Å². The van der Waals surface area contributed by atoms with Gasteiger partial charge in [0.05, 0.1) is 27.6 Å². The minimum absolute atomic E-state index is 0.0674. The summed E-state index contributed by atoms with van der Waals surface area (Å²) in [4.78, 5) is 15.4. The van der Waals surface area contributed by atoms with Crippen molar-refractivity contribution in [3.63, 3.8) is 0 Å². The van der Waals surface area contributed by atoms with Crippen LogP contribution in [-0.2, 0) is 15.6 Å². The number of carbonyl (C=O) groups is 1. The molecule has 1 rings (SSSR count). The summed E-state index contributed by atoms with van der Waals surface area (Å²) in [5.74, 6) is -0.311. The highest BCUT2D eigenvalue weighted by atomic mass is 32.2. The number of aromatic nitrogens is 1. The van der Waals surface area contributed by atoms with E-state index in [9.17, 15) is 9.00 Å². The first-order valence-corrected chi connectivity index (χ1v) is 5.81. The van der Waals surface area contributed by atoms with Gasteiger partial charge in [0.1, 0.15) is 5.75 Å². The molecule has 1 aromatic rings. The Kier molecular flexibility index (Phi) is 4.23. The number of rotatable bonds is 4. The van der Waals surface area contributed by atoms with Crippen molar-refractivity contribution in [2.75, 3.05) is 18.0 Å². The summed E-state index contributed by atoms with van der Waals surface area (Å²) in [7, 11) is -1.40. The average Bonchev–Trinajstić information content (AvgIpc) is 2.18. The Balaban J connectivity index is 2.70. The molecule has 1 atom stereocenters. The Morgan fingerprint density at radius 2 is 2.40 bits per heavy atom. The average molecular weight is 227 g/mol. The molecule has 1 unspecified atom stereocenters. The van der Waals surface area contributed by atoms with Crippen LogP contribution in [0.3, 0.4) is 0 Å². The maximum Gasteiger partial charge on any atom is 0.232 e. The summed E-state index contributed by atoms with van der Waals surface area (Å²) in [6.45, 7) is 2.34. The van der Waals surface area contributed by atoms with E-state index in [2.05, 4.69) is 10.3 Å². The molecule has 0 saturated heterocycles. The van der Waals surface area contributed by atoms with Crippen molar-refractivity contribution >= 4 is 22.4 Å². The molecule has 0 aliphatic heterocycles. The molecule has 0 aromatic carbocycles. The number of hydrogen-bond acceptors (Lipinski definition) is 4. The van der Waals surface area contributed by atoms with Gasteiger partial charge in [0.2, 0.25) is 5.91 Å². The Hall–Kier alpha value is -1.43. The first kappa shape index (κ1) is 11.6. The highest BCUT2D eigenvalue weighted by Gasteiger charge is 2.11. The molecule has 0 bridgehead atoms. The molecule has 1 amide bonds. The van der Waals surface area contributed by atoms with Crippen LogP contribution in [0, 0.1) is 0 Å². The summed E-state index contributed by atoms with van der Waals surface area (Å²) in [6, 6.07) is 1.56. The molecule has 5 nitrogen and oxygen atoms in total. The summed E-state index contributed by atoms with van der Waals surface area (Å²) >= 11 is 0. The van der Waals surface area contributed by atoms with Crippen molar-refractivity contribution in [1.29, 1.82) is 0 Å². The molecule has 82 valence electrons. The lowest BCUT2D eigenvalue weighted by molar-refractivity contribution is -0.118. The molecule has 0 aliphatic rings. The van der Waals surface area contributed by atoms with Crippen LogP contribution in [0.25, 0.3) is 0 Å². The van der Waals surface area contributed by atoms with E-state index in [4.69, 9.17) is 5.73 Å². The summed E-state index contributed by atoms with van der Waals surface area (Å²) < 4.78 is 11.7. The number of nitrogens with one attached hydrogen (secondary N) is 1. The van der Waals surface area contributed by atoms with Gasteiger partial charge in [-0.15, -0.1) is 0 Å². The number of nitrogen functional groups attached to an aromatic ring is 1. The molecule has 0 saturated carbocycles. The third-order valence-corrected chi connectivity index (χ3v) is 3.08. The number of anilines is 1. The van der Waals surface area contributed by atoms with E-state index in [0.29, 0.717) is 17.1 Å². The smallest absolute Gasteiger partial charge is 0.232 e. The van der Waals surface area contributed by atoms with E-state index >= 15 is 0 Å². The van der Waals surface area contributed by atoms with Crippen molar-refractivity contribution in [3.8, 4) is 0 Å². The van der Waals surface area contributed by atoms with Crippen LogP contribution in [0.5, 0.6) is 0 Å². The van der Waals surface area contributed by atoms with Crippen molar-refractivity contribution in [2.24, 2.45) is 0 Å². The monoisotopic (exact) mass is 227 g/mol. The number of nitrogens with two attached hydrogens (primary N) is 1. The van der Waals surface area contributed by atoms with E-state index in [1.807, 2.05) is 6.92 Å². The summed E-state index contributed by atoms with van der Waals surface area (Å²) in [5, 5.41) is 2.58. The fourth-order valence-electron chi connectivity index (χ4n) is 1.05. The third kappa shape index (κ3) is 3.32. The largest absolute Gasteiger partial charge is 0.396 e. The van der Waals surface area contributed by atoms with Crippen LogP contribution >= 0.6 is 0 Å². The predicted molar refractivity (Wildman–Crippen MR) is 58.6 cm³/mol. The van der Waals surface area contributed by atoms with Crippen molar-refractivity contribution in [1.82, 2.24) is 10.3 Å². The van der Waals surface area contributed by atoms with Gasteiger partial charge in [-0.05, 0) is 13.0 Å². The first-order chi connectivity index (χ1) is 7.15. The first-order valence-electron chi connectivity index (χ1n) is 4.49. The van der Waals surface area contributed by atoms with Gasteiger partial charge in [-0.25, -0.2) is 0 Å². The van der Waals surface area contributed by atoms with Gasteiger partial charge in [0.25, 0.3) is 0 Å². The molecule has 0 spiro atoms. The van der Waals surface area contributed by atoms with E-state index < -0.39 is 10.8 Å². The number of pyridine rings is 1. The molecule has 15 heavy (non-hydrogen) atoms. The fraction of sp³-hybridized carbons (Fsp3) is 0.333. The fourth-order valence-corrected chi connectivity index (χ4v) is 2.07. The summed E-state index contributed by atoms with van der Waals surface area (Å²) in [5.41, 5.74) is 5.93. The lowest BCUT2D eigenvalue weighted by Gasteiger charge is -2.04. The lowest BCUT2D eigenvalue weighted by Crippen LogP contribution is -2.28. The zero-order valence-corrected chi connectivity index (χ0v) is 9.21. The number of nitrogens with zero attached hydrogens (tertiary/aromatic N) is 1. The van der Waals surface area contributed by atoms with Crippen LogP contribution in [0.15, 0.2) is 23.4 Å². The zero-order valence-electron chi connectivity index (χ0n) is 8.40. The van der Waals surface area contributed by atoms with Crippen LogP contribution in [-0.4, -0.2) is 27.4 Å². The van der Waals surface area contributed by atoms with Gasteiger partial charge in [0, 0.05) is 12.7 Å². The SMILES string of the molecule is CCNC(=O)CS(=O)c1ccncc1N. The zero-order chi connectivity index (χ0) is 11.3. The maximum absolute atomic E-state index is 11.7. The van der Waals surface area contributed by atoms with Crippen LogP contribution in [0.4, 0.5) is 5.69 Å². The van der Waals surface area contributed by atoms with E-state index in [1.165, 1.54) is 12.4 Å². The molecule has 0 aliphatic carbocycles. The highest BCUT2D eigenvalue weighted by Crippen LogP contribution is 2.13. The summed E-state index contributed by atoms with van der Waals surface area (Å²) in [6.07, 6.45) is 2.92. The van der Waals surface area contributed by atoms with Crippen molar-refractivity contribution in [3.05, 3.63) is 18.5 Å². The minimum Gasteiger partial charge on any atom is -0.396 e. The molecule has 1 aromatic heterocycles. The molecule has 0 radical (unpaired) electrons. The second-order valence-electron chi connectivity index (χ2n) is 2.86. The van der Waals surface area contributed by atoms with Crippen molar-refractivity contribution < 1.29 is 9.00 Å². The van der Waals surface area contributed by atoms with Crippen LogP contribution < -0.4 is 11.1 Å². The van der Waals surface area contributed by atoms with E-state index in [-0.39, 0.29) is 11.7 Å². The molecule has 6 heteroatoms. The Morgan fingerprint density at radius 3 is 3.00 bits per heavy atom. The van der Waals surface area contributed by atoms with Crippen LogP contribution in [0.1, 0.15) is 6.92 Å². The Bertz CT molecular complexity index is 381. The van der Waals surface area contributed by atoms with E-state index in [1.54, 1.807) is 6.07 Å². The Morgan fingerprint density at radius 1 is 1.67 bits per heavy atom. The third-order valence-electron chi connectivity index (χ3n) is 1.69. The maximum atomic E-state index is 11.7. The molecule has 1 heterocycles. The Labute approximate surface area is 90.5 Å². The van der Waals surface area contributed by atoms with Gasteiger partial charge < -0.3 is 11.1 Å². The van der Waals surface area contributed by atoms with Gasteiger partial charge in [0.15, 0.2) is 0 Å². The standard InChI is InChI=1S/C9H13N3O2S/c1-2-12-9(13)6-15(14)8-3-4-11-5-7(8)10/h3-5H,2,6,10H2,1H3,(H,12,13). The normalized spacial score (nSPS) is 12.1. The topological polar surface area (TPSA) is 85.1 Å². The van der Waals surface area contributed by atoms with Gasteiger partial charge in [-0.2, -0.15) is 0 Å². The molecular weight excluding hydrogens is 214 g/mol. The predicted octanol–water partition coefficient (Wildman–Crippen LogP) is -0.0925. The van der Waals surface area contributed by atoms with Gasteiger partial charge in [-0.3, -0.25) is 14.0 Å². The number of carbonyl (C=O) groups excluding carboxylic acids is 1. The van der Waals surface area contributed by atoms with E-state index in [0.717, 1.165) is 0 Å². The number of hydrogen-bond donors (Lipinski definition) is 2. The highest BCUT2D eigenvalue weighted by molar-refractivity contribution is 7.86. The number of amides is 1. The second kappa shape index (κ2) is 5.45. The molecular formula is C9H13N3O2S.